The van der Waals surface area contributed by atoms with Crippen LogP contribution in [0.15, 0.2) is 22.6 Å². The fraction of sp³-hybridized carbons (Fsp3) is 0.111. The molecule has 2 rings (SSSR count). The summed E-state index contributed by atoms with van der Waals surface area (Å²) in [5, 5.41) is -0.719. The van der Waals surface area contributed by atoms with Gasteiger partial charge < -0.3 is 9.15 Å². The number of ether oxygens (including phenoxy) is 1. The van der Waals surface area contributed by atoms with Crippen molar-refractivity contribution < 1.29 is 13.9 Å². The Hall–Kier alpha value is -1.55. The molecule has 5 heteroatoms. The topological polar surface area (TPSA) is 52.3 Å². The van der Waals surface area contributed by atoms with Crippen molar-refractivity contribution in [2.75, 3.05) is 7.11 Å². The standard InChI is InChI=1S/C9H6ClNO3/c1-13-6-4-2-3-5-7(6)14-9(11-5)8(10)12/h2-4H,1H3. The predicted molar refractivity (Wildman–Crippen MR) is 50.7 cm³/mol. The van der Waals surface area contributed by atoms with Crippen molar-refractivity contribution in [2.24, 2.45) is 0 Å². The minimum atomic E-state index is -0.719. The maximum atomic E-state index is 10.8. The molecule has 1 heterocycles. The van der Waals surface area contributed by atoms with Gasteiger partial charge in [-0.2, -0.15) is 0 Å². The highest BCUT2D eigenvalue weighted by molar-refractivity contribution is 6.67. The van der Waals surface area contributed by atoms with Crippen LogP contribution < -0.4 is 4.74 Å². The SMILES string of the molecule is COc1cccc2nc(C(=O)Cl)oc12. The molecular formula is C9H6ClNO3. The summed E-state index contributed by atoms with van der Waals surface area (Å²) < 4.78 is 10.2. The van der Waals surface area contributed by atoms with Gasteiger partial charge in [0, 0.05) is 0 Å². The van der Waals surface area contributed by atoms with Gasteiger partial charge in [-0.3, -0.25) is 4.79 Å². The number of aromatic nitrogens is 1. The Balaban J connectivity index is 2.70. The molecule has 0 radical (unpaired) electrons. The van der Waals surface area contributed by atoms with Crippen molar-refractivity contribution >= 4 is 27.9 Å². The Labute approximate surface area is 84.4 Å². The molecule has 14 heavy (non-hydrogen) atoms. The number of halogens is 1. The van der Waals surface area contributed by atoms with Gasteiger partial charge in [0.25, 0.3) is 5.89 Å². The predicted octanol–water partition coefficient (Wildman–Crippen LogP) is 2.22. The van der Waals surface area contributed by atoms with Crippen LogP contribution in [0.3, 0.4) is 0 Å². The highest BCUT2D eigenvalue weighted by Crippen LogP contribution is 2.26. The third-order valence-electron chi connectivity index (χ3n) is 1.77. The number of carbonyl (C=O) groups is 1. The van der Waals surface area contributed by atoms with Gasteiger partial charge in [0.05, 0.1) is 7.11 Å². The molecule has 1 aromatic carbocycles. The average Bonchev–Trinajstić information content (AvgIpc) is 2.60. The molecule has 0 aliphatic carbocycles. The molecule has 2 aromatic rings. The number of para-hydroxylation sites is 1. The molecule has 0 spiro atoms. The minimum Gasteiger partial charge on any atom is -0.493 e. The van der Waals surface area contributed by atoms with Crippen LogP contribution in [-0.2, 0) is 0 Å². The van der Waals surface area contributed by atoms with E-state index in [0.29, 0.717) is 16.8 Å². The van der Waals surface area contributed by atoms with Gasteiger partial charge in [-0.25, -0.2) is 4.98 Å². The Bertz CT molecular complexity index is 492. The monoisotopic (exact) mass is 211 g/mol. The largest absolute Gasteiger partial charge is 0.493 e. The highest BCUT2D eigenvalue weighted by Gasteiger charge is 2.14. The van der Waals surface area contributed by atoms with Gasteiger partial charge in [-0.15, -0.1) is 0 Å². The fourth-order valence-corrected chi connectivity index (χ4v) is 1.25. The number of nitrogens with zero attached hydrogens (tertiary/aromatic N) is 1. The van der Waals surface area contributed by atoms with Gasteiger partial charge >= 0.3 is 5.24 Å². The third kappa shape index (κ3) is 1.33. The second-order valence-electron chi connectivity index (χ2n) is 2.60. The van der Waals surface area contributed by atoms with E-state index in [9.17, 15) is 4.79 Å². The zero-order chi connectivity index (χ0) is 10.1. The van der Waals surface area contributed by atoms with Crippen molar-refractivity contribution in [1.82, 2.24) is 4.98 Å². The number of hydrogen-bond acceptors (Lipinski definition) is 4. The lowest BCUT2D eigenvalue weighted by Crippen LogP contribution is -1.85. The zero-order valence-electron chi connectivity index (χ0n) is 7.28. The summed E-state index contributed by atoms with van der Waals surface area (Å²) in [6.07, 6.45) is 0. The molecule has 1 aromatic heterocycles. The quantitative estimate of drug-likeness (QED) is 0.715. The van der Waals surface area contributed by atoms with E-state index in [2.05, 4.69) is 4.98 Å². The molecule has 0 N–H and O–H groups in total. The second-order valence-corrected chi connectivity index (χ2v) is 2.94. The van der Waals surface area contributed by atoms with Gasteiger partial charge in [0.2, 0.25) is 0 Å². The molecule has 0 saturated heterocycles. The molecule has 0 aliphatic rings. The number of methoxy groups -OCH3 is 1. The van der Waals surface area contributed by atoms with E-state index in [1.54, 1.807) is 18.2 Å². The lowest BCUT2D eigenvalue weighted by Gasteiger charge is -1.96. The molecule has 72 valence electrons. The van der Waals surface area contributed by atoms with Crippen LogP contribution in [0.5, 0.6) is 5.75 Å². The molecule has 0 saturated carbocycles. The Morgan fingerprint density at radius 1 is 1.57 bits per heavy atom. The smallest absolute Gasteiger partial charge is 0.307 e. The number of fused-ring (bicyclic) bond motifs is 1. The Morgan fingerprint density at radius 3 is 3.00 bits per heavy atom. The van der Waals surface area contributed by atoms with Crippen molar-refractivity contribution in [3.63, 3.8) is 0 Å². The van der Waals surface area contributed by atoms with Crippen LogP contribution in [0.25, 0.3) is 11.1 Å². The molecule has 0 bridgehead atoms. The van der Waals surface area contributed by atoms with Gasteiger partial charge in [-0.05, 0) is 23.7 Å². The van der Waals surface area contributed by atoms with Crippen LogP contribution >= 0.6 is 11.6 Å². The molecule has 0 atom stereocenters. The number of oxazole rings is 1. The van der Waals surface area contributed by atoms with Crippen molar-refractivity contribution in [3.8, 4) is 5.75 Å². The van der Waals surface area contributed by atoms with Gasteiger partial charge in [0.1, 0.15) is 5.52 Å². The number of rotatable bonds is 2. The minimum absolute atomic E-state index is 0.119. The number of carbonyl (C=O) groups excluding carboxylic acids is 1. The summed E-state index contributed by atoms with van der Waals surface area (Å²) in [5.74, 6) is 0.408. The second kappa shape index (κ2) is 3.31. The summed E-state index contributed by atoms with van der Waals surface area (Å²) in [6, 6.07) is 5.19. The maximum absolute atomic E-state index is 10.8. The van der Waals surface area contributed by atoms with E-state index in [-0.39, 0.29) is 5.89 Å². The molecule has 4 nitrogen and oxygen atoms in total. The van der Waals surface area contributed by atoms with Crippen LogP contribution in [0.2, 0.25) is 0 Å². The first-order chi connectivity index (χ1) is 6.72. The lowest BCUT2D eigenvalue weighted by molar-refractivity contribution is 0.105. The summed E-state index contributed by atoms with van der Waals surface area (Å²) in [6.45, 7) is 0. The first kappa shape index (κ1) is 9.02. The van der Waals surface area contributed by atoms with Crippen LogP contribution in [-0.4, -0.2) is 17.3 Å². The molecular weight excluding hydrogens is 206 g/mol. The van der Waals surface area contributed by atoms with E-state index in [1.807, 2.05) is 0 Å². The molecule has 0 unspecified atom stereocenters. The molecule has 0 aliphatic heterocycles. The Morgan fingerprint density at radius 2 is 2.36 bits per heavy atom. The molecule has 0 amide bonds. The summed E-state index contributed by atoms with van der Waals surface area (Å²) in [7, 11) is 1.51. The van der Waals surface area contributed by atoms with Gasteiger partial charge in [-0.1, -0.05) is 6.07 Å². The third-order valence-corrected chi connectivity index (χ3v) is 1.93. The average molecular weight is 212 g/mol. The maximum Gasteiger partial charge on any atom is 0.307 e. The van der Waals surface area contributed by atoms with E-state index < -0.39 is 5.24 Å². The molecule has 0 fully saturated rings. The first-order valence-electron chi connectivity index (χ1n) is 3.85. The van der Waals surface area contributed by atoms with Crippen LogP contribution in [0.4, 0.5) is 0 Å². The lowest BCUT2D eigenvalue weighted by atomic mass is 10.3. The highest BCUT2D eigenvalue weighted by atomic mass is 35.5. The zero-order valence-corrected chi connectivity index (χ0v) is 8.04. The Kier molecular flexibility index (Phi) is 2.13. The fourth-order valence-electron chi connectivity index (χ4n) is 1.17. The van der Waals surface area contributed by atoms with Gasteiger partial charge in [0.15, 0.2) is 11.3 Å². The first-order valence-corrected chi connectivity index (χ1v) is 4.23. The summed E-state index contributed by atoms with van der Waals surface area (Å²) >= 11 is 5.23. The summed E-state index contributed by atoms with van der Waals surface area (Å²) in [4.78, 5) is 14.7. The normalized spacial score (nSPS) is 10.4. The van der Waals surface area contributed by atoms with E-state index in [1.165, 1.54) is 7.11 Å². The number of benzene rings is 1. The van der Waals surface area contributed by atoms with Crippen molar-refractivity contribution in [2.45, 2.75) is 0 Å². The van der Waals surface area contributed by atoms with Crippen LogP contribution in [0, 0.1) is 0 Å². The van der Waals surface area contributed by atoms with Crippen molar-refractivity contribution in [3.05, 3.63) is 24.1 Å². The number of hydrogen-bond donors (Lipinski definition) is 0. The van der Waals surface area contributed by atoms with E-state index in [4.69, 9.17) is 20.8 Å². The summed E-state index contributed by atoms with van der Waals surface area (Å²) in [5.41, 5.74) is 0.979. The van der Waals surface area contributed by atoms with Crippen LogP contribution in [0.1, 0.15) is 10.7 Å². The van der Waals surface area contributed by atoms with Crippen molar-refractivity contribution in [1.29, 1.82) is 0 Å². The van der Waals surface area contributed by atoms with E-state index in [0.717, 1.165) is 0 Å². The van der Waals surface area contributed by atoms with E-state index >= 15 is 0 Å².